The number of hydrogen-bond acceptors (Lipinski definition) is 3. The van der Waals surface area contributed by atoms with Gasteiger partial charge in [-0.2, -0.15) is 5.10 Å². The maximum absolute atomic E-state index is 12.8. The molecule has 0 fully saturated rings. The van der Waals surface area contributed by atoms with Crippen molar-refractivity contribution in [3.8, 4) is 28.4 Å². The number of aromatic nitrogens is 4. The summed E-state index contributed by atoms with van der Waals surface area (Å²) in [6.07, 6.45) is -4.78. The summed E-state index contributed by atoms with van der Waals surface area (Å²) in [5.74, 6) is 0.265. The van der Waals surface area contributed by atoms with Gasteiger partial charge in [0.05, 0.1) is 21.7 Å². The highest BCUT2D eigenvalue weighted by Gasteiger charge is 2.32. The lowest BCUT2D eigenvalue weighted by Crippen LogP contribution is -2.17. The SMILES string of the molecule is Cn1nc(C(C)(C)C)c(Cl)c1-c1nc2ccc(-c3ccccc3OC(F)(F)F)cc2[nH]1. The van der Waals surface area contributed by atoms with E-state index in [1.807, 2.05) is 20.8 Å². The Morgan fingerprint density at radius 1 is 1.06 bits per heavy atom. The van der Waals surface area contributed by atoms with Crippen molar-refractivity contribution >= 4 is 22.6 Å². The fourth-order valence-corrected chi connectivity index (χ4v) is 3.98. The lowest BCUT2D eigenvalue weighted by molar-refractivity contribution is -0.274. The molecule has 2 heterocycles. The second kappa shape index (κ2) is 7.30. The van der Waals surface area contributed by atoms with Gasteiger partial charge in [0.15, 0.2) is 5.82 Å². The van der Waals surface area contributed by atoms with Crippen LogP contribution >= 0.6 is 11.6 Å². The van der Waals surface area contributed by atoms with Crippen molar-refractivity contribution in [3.63, 3.8) is 0 Å². The van der Waals surface area contributed by atoms with Crippen LogP contribution in [-0.2, 0) is 12.5 Å². The summed E-state index contributed by atoms with van der Waals surface area (Å²) < 4.78 is 44.2. The average Bonchev–Trinajstić information content (AvgIpc) is 3.19. The zero-order valence-corrected chi connectivity index (χ0v) is 18.1. The Balaban J connectivity index is 1.79. The Kier molecular flexibility index (Phi) is 5.00. The lowest BCUT2D eigenvalue weighted by Gasteiger charge is -2.15. The molecule has 0 aliphatic carbocycles. The van der Waals surface area contributed by atoms with Crippen LogP contribution in [-0.4, -0.2) is 26.1 Å². The van der Waals surface area contributed by atoms with Gasteiger partial charge in [-0.05, 0) is 23.8 Å². The molecule has 9 heteroatoms. The normalized spacial score (nSPS) is 12.5. The molecule has 0 amide bonds. The van der Waals surface area contributed by atoms with Gasteiger partial charge in [-0.1, -0.05) is 56.6 Å². The van der Waals surface area contributed by atoms with Gasteiger partial charge in [0.1, 0.15) is 11.4 Å². The minimum atomic E-state index is -4.78. The van der Waals surface area contributed by atoms with E-state index in [0.717, 1.165) is 5.69 Å². The Labute approximate surface area is 181 Å². The van der Waals surface area contributed by atoms with E-state index in [1.54, 1.807) is 42.1 Å². The number of imidazole rings is 1. The van der Waals surface area contributed by atoms with Crippen molar-refractivity contribution < 1.29 is 17.9 Å². The van der Waals surface area contributed by atoms with Crippen LogP contribution < -0.4 is 4.74 Å². The second-order valence-corrected chi connectivity index (χ2v) is 8.62. The van der Waals surface area contributed by atoms with Crippen LogP contribution in [0.4, 0.5) is 13.2 Å². The molecule has 5 nitrogen and oxygen atoms in total. The first-order chi connectivity index (χ1) is 14.4. The molecule has 162 valence electrons. The van der Waals surface area contributed by atoms with Gasteiger partial charge in [-0.15, -0.1) is 13.2 Å². The van der Waals surface area contributed by atoms with Gasteiger partial charge in [-0.3, -0.25) is 4.68 Å². The highest BCUT2D eigenvalue weighted by atomic mass is 35.5. The van der Waals surface area contributed by atoms with Gasteiger partial charge in [0.2, 0.25) is 0 Å². The zero-order chi connectivity index (χ0) is 22.6. The summed E-state index contributed by atoms with van der Waals surface area (Å²) in [5.41, 5.74) is 3.36. The summed E-state index contributed by atoms with van der Waals surface area (Å²) in [4.78, 5) is 7.82. The molecule has 0 unspecified atom stereocenters. The van der Waals surface area contributed by atoms with E-state index in [-0.39, 0.29) is 11.2 Å². The largest absolute Gasteiger partial charge is 0.573 e. The number of para-hydroxylation sites is 1. The number of aromatic amines is 1. The van der Waals surface area contributed by atoms with Gasteiger partial charge >= 0.3 is 6.36 Å². The van der Waals surface area contributed by atoms with Gasteiger partial charge in [0, 0.05) is 18.0 Å². The Bertz CT molecular complexity index is 1270. The Hall–Kier alpha value is -3.00. The number of halogens is 4. The zero-order valence-electron chi connectivity index (χ0n) is 17.3. The van der Waals surface area contributed by atoms with Gasteiger partial charge in [-0.25, -0.2) is 4.98 Å². The van der Waals surface area contributed by atoms with E-state index in [1.165, 1.54) is 12.1 Å². The van der Waals surface area contributed by atoms with E-state index in [2.05, 4.69) is 19.8 Å². The predicted molar refractivity (Wildman–Crippen MR) is 114 cm³/mol. The third-order valence-corrected chi connectivity index (χ3v) is 5.19. The maximum atomic E-state index is 12.8. The molecule has 4 rings (SSSR count). The van der Waals surface area contributed by atoms with Crippen LogP contribution in [0.2, 0.25) is 5.02 Å². The number of alkyl halides is 3. The van der Waals surface area contributed by atoms with Crippen molar-refractivity contribution in [2.24, 2.45) is 7.05 Å². The molecule has 0 saturated carbocycles. The molecule has 1 N–H and O–H groups in total. The van der Waals surface area contributed by atoms with E-state index < -0.39 is 6.36 Å². The van der Waals surface area contributed by atoms with Crippen molar-refractivity contribution in [2.75, 3.05) is 0 Å². The molecule has 2 aromatic heterocycles. The summed E-state index contributed by atoms with van der Waals surface area (Å²) in [7, 11) is 1.79. The van der Waals surface area contributed by atoms with Crippen molar-refractivity contribution in [1.29, 1.82) is 0 Å². The lowest BCUT2D eigenvalue weighted by atomic mass is 9.92. The number of fused-ring (bicyclic) bond motifs is 1. The molecule has 0 bridgehead atoms. The number of H-pyrrole nitrogens is 1. The summed E-state index contributed by atoms with van der Waals surface area (Å²) in [5, 5.41) is 5.05. The van der Waals surface area contributed by atoms with Crippen molar-refractivity contribution in [1.82, 2.24) is 19.7 Å². The van der Waals surface area contributed by atoms with Crippen LogP contribution in [0, 0.1) is 0 Å². The molecule has 31 heavy (non-hydrogen) atoms. The molecular formula is C22H20ClF3N4O. The first-order valence-electron chi connectivity index (χ1n) is 9.52. The minimum Gasteiger partial charge on any atom is -0.405 e. The molecule has 4 aromatic rings. The average molecular weight is 449 g/mol. The molecular weight excluding hydrogens is 429 g/mol. The number of hydrogen-bond donors (Lipinski definition) is 1. The summed E-state index contributed by atoms with van der Waals surface area (Å²) in [6.45, 7) is 6.07. The summed E-state index contributed by atoms with van der Waals surface area (Å²) >= 11 is 6.62. The highest BCUT2D eigenvalue weighted by molar-refractivity contribution is 6.33. The standard InChI is InChI=1S/C22H20ClF3N4O/c1-21(2,3)19-17(23)18(30(4)29-19)20-27-14-10-9-12(11-15(14)28-20)13-7-5-6-8-16(13)31-22(24,25)26/h5-11H,1-4H3,(H,27,28). The van der Waals surface area contributed by atoms with Crippen LogP contribution in [0.3, 0.4) is 0 Å². The first kappa shape index (κ1) is 21.2. The first-order valence-corrected chi connectivity index (χ1v) is 9.90. The second-order valence-electron chi connectivity index (χ2n) is 8.25. The number of ether oxygens (including phenoxy) is 1. The third kappa shape index (κ3) is 4.12. The molecule has 0 aliphatic heterocycles. The van der Waals surface area contributed by atoms with Crippen LogP contribution in [0.5, 0.6) is 5.75 Å². The fourth-order valence-electron chi connectivity index (χ4n) is 3.44. The van der Waals surface area contributed by atoms with E-state index >= 15 is 0 Å². The van der Waals surface area contributed by atoms with Crippen LogP contribution in [0.1, 0.15) is 26.5 Å². The van der Waals surface area contributed by atoms with E-state index in [0.29, 0.717) is 38.7 Å². The number of nitrogens with zero attached hydrogens (tertiary/aromatic N) is 3. The van der Waals surface area contributed by atoms with Crippen molar-refractivity contribution in [2.45, 2.75) is 32.5 Å². The Morgan fingerprint density at radius 3 is 2.42 bits per heavy atom. The summed E-state index contributed by atoms with van der Waals surface area (Å²) in [6, 6.07) is 11.2. The van der Waals surface area contributed by atoms with Crippen LogP contribution in [0.25, 0.3) is 33.7 Å². The van der Waals surface area contributed by atoms with Gasteiger partial charge in [0.25, 0.3) is 0 Å². The number of benzene rings is 2. The molecule has 0 saturated heterocycles. The van der Waals surface area contributed by atoms with E-state index in [9.17, 15) is 13.2 Å². The monoisotopic (exact) mass is 448 g/mol. The fraction of sp³-hybridized carbons (Fsp3) is 0.273. The predicted octanol–water partition coefficient (Wildman–Crippen LogP) is 6.48. The molecule has 0 spiro atoms. The van der Waals surface area contributed by atoms with Crippen LogP contribution in [0.15, 0.2) is 42.5 Å². The number of nitrogens with one attached hydrogen (secondary N) is 1. The maximum Gasteiger partial charge on any atom is 0.573 e. The van der Waals surface area contributed by atoms with E-state index in [4.69, 9.17) is 11.6 Å². The third-order valence-electron chi connectivity index (χ3n) is 4.83. The van der Waals surface area contributed by atoms with Crippen molar-refractivity contribution in [3.05, 3.63) is 53.2 Å². The molecule has 2 aromatic carbocycles. The number of aryl methyl sites for hydroxylation is 1. The number of rotatable bonds is 3. The molecule has 0 aliphatic rings. The molecule has 0 atom stereocenters. The quantitative estimate of drug-likeness (QED) is 0.390. The smallest absolute Gasteiger partial charge is 0.405 e. The Morgan fingerprint density at radius 2 is 1.77 bits per heavy atom. The highest BCUT2D eigenvalue weighted by Crippen LogP contribution is 2.37. The molecule has 0 radical (unpaired) electrons. The topological polar surface area (TPSA) is 55.7 Å². The van der Waals surface area contributed by atoms with Gasteiger partial charge < -0.3 is 9.72 Å². The minimum absolute atomic E-state index is 0.242.